The minimum absolute atomic E-state index is 0.0368. The number of aliphatic hydroxyl groups is 1. The Morgan fingerprint density at radius 3 is 2.62 bits per heavy atom. The number of benzene rings is 1. The summed E-state index contributed by atoms with van der Waals surface area (Å²) in [6.07, 6.45) is 4.60. The largest absolute Gasteiger partial charge is 0.872 e. The second-order valence-corrected chi connectivity index (χ2v) is 8.61. The first-order valence-electron chi connectivity index (χ1n) is 10.7. The van der Waals surface area contributed by atoms with E-state index in [1.54, 1.807) is 0 Å². The van der Waals surface area contributed by atoms with E-state index >= 15 is 0 Å². The molecule has 5 rings (SSSR count). The highest BCUT2D eigenvalue weighted by Crippen LogP contribution is 2.50. The molecule has 1 aromatic heterocycles. The van der Waals surface area contributed by atoms with E-state index in [4.69, 9.17) is 0 Å². The van der Waals surface area contributed by atoms with Crippen LogP contribution in [0.1, 0.15) is 64.9 Å². The average molecular weight is 391 g/mol. The highest BCUT2D eigenvalue weighted by Gasteiger charge is 2.44. The zero-order valence-corrected chi connectivity index (χ0v) is 17.3. The summed E-state index contributed by atoms with van der Waals surface area (Å²) >= 11 is 0. The number of hydrogen-bond acceptors (Lipinski definition) is 4. The van der Waals surface area contributed by atoms with Crippen molar-refractivity contribution < 1.29 is 15.0 Å². The van der Waals surface area contributed by atoms with E-state index in [1.165, 1.54) is 5.56 Å². The Hall–Kier alpha value is -2.69. The van der Waals surface area contributed by atoms with Gasteiger partial charge in [-0.1, -0.05) is 18.7 Å². The molecule has 1 aliphatic carbocycles. The first-order chi connectivity index (χ1) is 13.9. The van der Waals surface area contributed by atoms with Crippen LogP contribution in [0.5, 0.6) is 5.75 Å². The summed E-state index contributed by atoms with van der Waals surface area (Å²) < 4.78 is 0. The molecule has 1 atom stereocenters. The van der Waals surface area contributed by atoms with Crippen LogP contribution in [0.15, 0.2) is 11.8 Å². The van der Waals surface area contributed by atoms with Crippen molar-refractivity contribution in [2.45, 2.75) is 58.8 Å². The molecule has 0 saturated carbocycles. The maximum Gasteiger partial charge on any atom is 0.183 e. The fourth-order valence-electron chi connectivity index (χ4n) is 5.64. The lowest BCUT2D eigenvalue weighted by molar-refractivity contribution is -0.270. The van der Waals surface area contributed by atoms with Crippen LogP contribution < -0.4 is 10.0 Å². The Labute approximate surface area is 171 Å². The molecule has 0 radical (unpaired) electrons. The summed E-state index contributed by atoms with van der Waals surface area (Å²) in [4.78, 5) is 18.7. The van der Waals surface area contributed by atoms with Gasteiger partial charge in [0.2, 0.25) is 0 Å². The summed E-state index contributed by atoms with van der Waals surface area (Å²) in [5.74, 6) is -0.977. The number of H-pyrrole nitrogens is 1. The number of Topliss-reactive ketones (excluding diaryl/α,β-unsaturated/α-hetero) is 1. The predicted octanol–water partition coefficient (Wildman–Crippen LogP) is 3.60. The number of carbonyl (C=O) groups is 1. The molecular weight excluding hydrogens is 364 g/mol. The van der Waals surface area contributed by atoms with E-state index in [9.17, 15) is 15.0 Å². The Morgan fingerprint density at radius 1 is 1.24 bits per heavy atom. The van der Waals surface area contributed by atoms with Crippen LogP contribution in [0.2, 0.25) is 0 Å². The van der Waals surface area contributed by atoms with Crippen LogP contribution in [0.4, 0.5) is 5.69 Å². The van der Waals surface area contributed by atoms with E-state index in [2.05, 4.69) is 16.8 Å². The van der Waals surface area contributed by atoms with Crippen molar-refractivity contribution in [3.8, 4) is 5.75 Å². The highest BCUT2D eigenvalue weighted by molar-refractivity contribution is 6.32. The second-order valence-electron chi connectivity index (χ2n) is 8.61. The third-order valence-corrected chi connectivity index (χ3v) is 7.05. The molecule has 29 heavy (non-hydrogen) atoms. The Balaban J connectivity index is 1.61. The molecule has 1 aromatic carbocycles. The monoisotopic (exact) mass is 391 g/mol. The number of ketones is 1. The van der Waals surface area contributed by atoms with Gasteiger partial charge >= 0.3 is 0 Å². The van der Waals surface area contributed by atoms with Crippen LogP contribution >= 0.6 is 0 Å². The van der Waals surface area contributed by atoms with Crippen LogP contribution in [0, 0.1) is 13.8 Å². The van der Waals surface area contributed by atoms with E-state index in [-0.39, 0.29) is 17.3 Å². The number of rotatable bonds is 3. The van der Waals surface area contributed by atoms with E-state index < -0.39 is 5.92 Å². The number of aromatic nitrogens is 1. The van der Waals surface area contributed by atoms with Gasteiger partial charge in [-0.25, -0.2) is 0 Å². The molecule has 5 heteroatoms. The van der Waals surface area contributed by atoms with Gasteiger partial charge in [0.05, 0.1) is 11.3 Å². The van der Waals surface area contributed by atoms with Gasteiger partial charge in [0, 0.05) is 24.5 Å². The molecule has 2 aliphatic heterocycles. The van der Waals surface area contributed by atoms with Crippen molar-refractivity contribution in [2.24, 2.45) is 0 Å². The first kappa shape index (κ1) is 18.3. The van der Waals surface area contributed by atoms with Crippen molar-refractivity contribution in [3.05, 3.63) is 51.0 Å². The van der Waals surface area contributed by atoms with Gasteiger partial charge in [0.1, 0.15) is 11.7 Å². The lowest BCUT2D eigenvalue weighted by atomic mass is 9.73. The fourth-order valence-corrected chi connectivity index (χ4v) is 5.64. The van der Waals surface area contributed by atoms with Crippen molar-refractivity contribution in [2.75, 3.05) is 18.0 Å². The van der Waals surface area contributed by atoms with Gasteiger partial charge in [-0.05, 0) is 73.8 Å². The summed E-state index contributed by atoms with van der Waals surface area (Å²) in [5.41, 5.74) is 7.85. The molecule has 0 bridgehead atoms. The van der Waals surface area contributed by atoms with Crippen molar-refractivity contribution in [1.82, 2.24) is 4.98 Å². The molecule has 0 amide bonds. The van der Waals surface area contributed by atoms with Gasteiger partial charge in [-0.3, -0.25) is 4.79 Å². The molecule has 0 saturated heterocycles. The van der Waals surface area contributed by atoms with Crippen LogP contribution in [-0.4, -0.2) is 29.0 Å². The van der Waals surface area contributed by atoms with Gasteiger partial charge in [0.25, 0.3) is 0 Å². The van der Waals surface area contributed by atoms with Gasteiger partial charge in [0.15, 0.2) is 5.78 Å². The third kappa shape index (κ3) is 2.42. The Bertz CT molecular complexity index is 1070. The Morgan fingerprint density at radius 2 is 1.97 bits per heavy atom. The van der Waals surface area contributed by atoms with Gasteiger partial charge in [-0.2, -0.15) is 0 Å². The van der Waals surface area contributed by atoms with Gasteiger partial charge in [-0.15, -0.1) is 0 Å². The first-order valence-corrected chi connectivity index (χ1v) is 10.7. The van der Waals surface area contributed by atoms with Crippen LogP contribution in [0.25, 0.3) is 5.57 Å². The summed E-state index contributed by atoms with van der Waals surface area (Å²) in [5, 5.41) is 24.2. The number of carbonyl (C=O) groups excluding carboxylic acids is 1. The molecule has 3 heterocycles. The number of hydrogen-bond donors (Lipinski definition) is 2. The molecule has 152 valence electrons. The van der Waals surface area contributed by atoms with E-state index in [0.29, 0.717) is 16.8 Å². The summed E-state index contributed by atoms with van der Waals surface area (Å²) in [6, 6.07) is 1.90. The zero-order chi connectivity index (χ0) is 20.4. The fraction of sp³-hybridized carbons (Fsp3) is 0.458. The summed E-state index contributed by atoms with van der Waals surface area (Å²) in [7, 11) is 0. The van der Waals surface area contributed by atoms with Crippen molar-refractivity contribution in [3.63, 3.8) is 0 Å². The molecule has 2 aromatic rings. The maximum atomic E-state index is 13.3. The molecule has 0 fully saturated rings. The normalized spacial score (nSPS) is 20.7. The molecule has 5 nitrogen and oxygen atoms in total. The average Bonchev–Trinajstić information content (AvgIpc) is 2.98. The summed E-state index contributed by atoms with van der Waals surface area (Å²) in [6.45, 7) is 8.06. The SMILES string of the molecule is CCc1c(C)[nH]c(C2=C(O)C(c3cc4c5c(c3[O-])CCCN5CCC4)C2=O)c1C. The number of nitrogens with zero attached hydrogens (tertiary/aromatic N) is 1. The number of aromatic amines is 1. The number of aryl methyl sites for hydroxylation is 2. The van der Waals surface area contributed by atoms with Crippen LogP contribution in [-0.2, 0) is 24.1 Å². The second kappa shape index (κ2) is 6.41. The number of allylic oxidation sites excluding steroid dienone is 2. The smallest absolute Gasteiger partial charge is 0.183 e. The minimum Gasteiger partial charge on any atom is -0.872 e. The molecule has 2 N–H and O–H groups in total. The number of anilines is 1. The molecular formula is C24H27N2O3-. The standard InChI is InChI=1S/C24H28N2O3/c1-4-15-12(2)20(25-13(15)3)19-23(28)18(24(19)29)17-11-14-7-5-9-26-10-6-8-16(21(14)26)22(17)27/h11,18,25,27-28H,4-10H2,1-3H3/p-1. The molecule has 0 spiro atoms. The maximum absolute atomic E-state index is 13.3. The quantitative estimate of drug-likeness (QED) is 0.838. The Kier molecular flexibility index (Phi) is 4.05. The molecule has 1 unspecified atom stereocenters. The topological polar surface area (TPSA) is 79.4 Å². The minimum atomic E-state index is -0.815. The zero-order valence-electron chi connectivity index (χ0n) is 17.3. The number of nitrogens with one attached hydrogen (secondary N) is 1. The lowest BCUT2D eigenvalue weighted by Crippen LogP contribution is -2.36. The highest BCUT2D eigenvalue weighted by atomic mass is 16.3. The van der Waals surface area contributed by atoms with E-state index in [0.717, 1.165) is 73.3 Å². The number of aliphatic hydroxyl groups excluding tert-OH is 1. The lowest BCUT2D eigenvalue weighted by Gasteiger charge is -2.41. The van der Waals surface area contributed by atoms with Crippen LogP contribution in [0.3, 0.4) is 0 Å². The molecule has 3 aliphatic rings. The van der Waals surface area contributed by atoms with Crippen molar-refractivity contribution in [1.29, 1.82) is 0 Å². The predicted molar refractivity (Wildman–Crippen MR) is 112 cm³/mol. The van der Waals surface area contributed by atoms with Gasteiger partial charge < -0.3 is 20.1 Å². The van der Waals surface area contributed by atoms with E-state index in [1.807, 2.05) is 19.9 Å². The third-order valence-electron chi connectivity index (χ3n) is 7.05. The van der Waals surface area contributed by atoms with Crippen molar-refractivity contribution >= 4 is 17.0 Å².